The molecule has 0 aliphatic rings. The third-order valence-corrected chi connectivity index (χ3v) is 3.68. The molecule has 0 unspecified atom stereocenters. The average Bonchev–Trinajstić information content (AvgIpc) is 2.77. The van der Waals surface area contributed by atoms with E-state index in [1.807, 2.05) is 0 Å². The van der Waals surface area contributed by atoms with E-state index < -0.39 is 24.0 Å². The van der Waals surface area contributed by atoms with Crippen LogP contribution in [-0.4, -0.2) is 67.9 Å². The van der Waals surface area contributed by atoms with E-state index in [4.69, 9.17) is 30.6 Å². The zero-order chi connectivity index (χ0) is 25.6. The van der Waals surface area contributed by atoms with Gasteiger partial charge in [0.25, 0.3) is 0 Å². The molecule has 9 nitrogen and oxygen atoms in total. The first kappa shape index (κ1) is 37.4. The maximum Gasteiger partial charge on any atom is 0.303 e. The van der Waals surface area contributed by atoms with Crippen molar-refractivity contribution in [2.45, 2.75) is 104 Å². The van der Waals surface area contributed by atoms with Crippen molar-refractivity contribution < 1.29 is 45.0 Å². The molecule has 6 N–H and O–H groups in total. The Morgan fingerprint density at radius 3 is 1.34 bits per heavy atom. The molecule has 9 heteroatoms. The maximum absolute atomic E-state index is 10.3. The van der Waals surface area contributed by atoms with Crippen LogP contribution in [0.4, 0.5) is 0 Å². The molecular formula is C23H46O9. The van der Waals surface area contributed by atoms with Crippen LogP contribution in [0.1, 0.15) is 97.8 Å². The Balaban J connectivity index is -0.000000200. The Morgan fingerprint density at radius 1 is 0.656 bits per heavy atom. The van der Waals surface area contributed by atoms with Gasteiger partial charge in [0, 0.05) is 19.3 Å². The lowest BCUT2D eigenvalue weighted by Gasteiger charge is -1.98. The van der Waals surface area contributed by atoms with Gasteiger partial charge in [-0.25, -0.2) is 0 Å². The van der Waals surface area contributed by atoms with Gasteiger partial charge in [-0.05, 0) is 25.7 Å². The van der Waals surface area contributed by atoms with Gasteiger partial charge in [0.2, 0.25) is 0 Å². The molecule has 0 saturated heterocycles. The number of aliphatic hydroxyl groups excluding tert-OH is 3. The molecule has 0 rings (SSSR count). The summed E-state index contributed by atoms with van der Waals surface area (Å²) in [5.74, 6) is -2.16. The van der Waals surface area contributed by atoms with E-state index in [1.54, 1.807) is 13.8 Å². The number of carbonyl (C=O) groups is 3. The third-order valence-electron chi connectivity index (χ3n) is 3.68. The first-order chi connectivity index (χ1) is 15.1. The summed E-state index contributed by atoms with van der Waals surface area (Å²) in [6, 6.07) is 0. The van der Waals surface area contributed by atoms with Crippen LogP contribution in [0.2, 0.25) is 0 Å². The Labute approximate surface area is 192 Å². The highest BCUT2D eigenvalue weighted by atomic mass is 16.4. The van der Waals surface area contributed by atoms with Crippen molar-refractivity contribution in [3.63, 3.8) is 0 Å². The van der Waals surface area contributed by atoms with Gasteiger partial charge >= 0.3 is 17.9 Å². The first-order valence-electron chi connectivity index (χ1n) is 11.3. The van der Waals surface area contributed by atoms with Crippen molar-refractivity contribution >= 4 is 17.9 Å². The van der Waals surface area contributed by atoms with Gasteiger partial charge in [-0.1, -0.05) is 65.0 Å². The van der Waals surface area contributed by atoms with E-state index in [0.29, 0.717) is 6.42 Å². The van der Waals surface area contributed by atoms with E-state index in [2.05, 4.69) is 19.1 Å². The van der Waals surface area contributed by atoms with E-state index in [9.17, 15) is 14.4 Å². The summed E-state index contributed by atoms with van der Waals surface area (Å²) in [4.78, 5) is 29.0. The molecule has 0 atom stereocenters. The zero-order valence-corrected chi connectivity index (χ0v) is 20.0. The van der Waals surface area contributed by atoms with Crippen LogP contribution in [0.3, 0.4) is 0 Å². The molecule has 0 spiro atoms. The lowest BCUT2D eigenvalue weighted by molar-refractivity contribution is -0.138. The number of rotatable bonds is 15. The highest BCUT2D eigenvalue weighted by Crippen LogP contribution is 2.08. The fourth-order valence-electron chi connectivity index (χ4n) is 1.68. The minimum Gasteiger partial charge on any atom is -0.481 e. The molecular weight excluding hydrogens is 420 g/mol. The van der Waals surface area contributed by atoms with E-state index in [0.717, 1.165) is 12.8 Å². The molecule has 0 aliphatic carbocycles. The van der Waals surface area contributed by atoms with Gasteiger partial charge in [-0.2, -0.15) is 0 Å². The van der Waals surface area contributed by atoms with Crippen molar-refractivity contribution in [2.24, 2.45) is 0 Å². The smallest absolute Gasteiger partial charge is 0.303 e. The molecule has 0 aromatic carbocycles. The lowest BCUT2D eigenvalue weighted by Crippen LogP contribution is -2.15. The predicted molar refractivity (Wildman–Crippen MR) is 125 cm³/mol. The molecule has 0 aromatic rings. The maximum atomic E-state index is 10.3. The molecule has 0 saturated carbocycles. The van der Waals surface area contributed by atoms with Gasteiger partial charge in [-0.3, -0.25) is 14.4 Å². The highest BCUT2D eigenvalue weighted by molar-refractivity contribution is 5.66. The largest absolute Gasteiger partial charge is 0.481 e. The van der Waals surface area contributed by atoms with Crippen LogP contribution in [0.5, 0.6) is 0 Å². The number of allylic oxidation sites excluding steroid dienone is 2. The second-order valence-corrected chi connectivity index (χ2v) is 6.83. The average molecular weight is 467 g/mol. The number of hydrogen-bond donors (Lipinski definition) is 6. The van der Waals surface area contributed by atoms with E-state index in [1.165, 1.54) is 44.9 Å². The van der Waals surface area contributed by atoms with Crippen LogP contribution in [0, 0.1) is 0 Å². The SMILES string of the molecule is CCC(=O)O.CCC(=O)O.CCCC/C=C\CCCCCCCC(=O)O.OCC(O)CO. The van der Waals surface area contributed by atoms with Crippen molar-refractivity contribution in [3.8, 4) is 0 Å². The first-order valence-corrected chi connectivity index (χ1v) is 11.3. The second-order valence-electron chi connectivity index (χ2n) is 6.83. The van der Waals surface area contributed by atoms with Crippen LogP contribution in [-0.2, 0) is 14.4 Å². The van der Waals surface area contributed by atoms with Gasteiger partial charge in [0.1, 0.15) is 6.10 Å². The second kappa shape index (κ2) is 33.7. The van der Waals surface area contributed by atoms with Crippen LogP contribution in [0.25, 0.3) is 0 Å². The molecule has 0 bridgehead atoms. The molecule has 32 heavy (non-hydrogen) atoms. The Bertz CT molecular complexity index is 419. The van der Waals surface area contributed by atoms with Gasteiger partial charge in [-0.15, -0.1) is 0 Å². The van der Waals surface area contributed by atoms with E-state index >= 15 is 0 Å². The topological polar surface area (TPSA) is 173 Å². The Morgan fingerprint density at radius 2 is 1.03 bits per heavy atom. The summed E-state index contributed by atoms with van der Waals surface area (Å²) in [5.41, 5.74) is 0. The van der Waals surface area contributed by atoms with Crippen LogP contribution in [0.15, 0.2) is 12.2 Å². The fraction of sp³-hybridized carbons (Fsp3) is 0.783. The third kappa shape index (κ3) is 56.6. The Kier molecular flexibility index (Phi) is 39.3. The van der Waals surface area contributed by atoms with Crippen LogP contribution >= 0.6 is 0 Å². The molecule has 0 radical (unpaired) electrons. The highest BCUT2D eigenvalue weighted by Gasteiger charge is 1.96. The molecule has 192 valence electrons. The molecule has 0 amide bonds. The molecule has 0 heterocycles. The summed E-state index contributed by atoms with van der Waals surface area (Å²) in [7, 11) is 0. The molecule has 0 aromatic heterocycles. The molecule has 0 aliphatic heterocycles. The van der Waals surface area contributed by atoms with Crippen LogP contribution < -0.4 is 0 Å². The van der Waals surface area contributed by atoms with Gasteiger partial charge in [0.15, 0.2) is 0 Å². The number of aliphatic carboxylic acids is 3. The van der Waals surface area contributed by atoms with Gasteiger partial charge < -0.3 is 30.6 Å². The minimum absolute atomic E-state index is 0.222. The monoisotopic (exact) mass is 466 g/mol. The summed E-state index contributed by atoms with van der Waals surface area (Å²) in [6.45, 7) is 4.68. The minimum atomic E-state index is -0.954. The number of carboxylic acid groups (broad SMARTS) is 3. The summed E-state index contributed by atoms with van der Waals surface area (Å²) >= 11 is 0. The van der Waals surface area contributed by atoms with Crippen molar-refractivity contribution in [1.82, 2.24) is 0 Å². The quantitative estimate of drug-likeness (QED) is 0.155. The number of unbranched alkanes of at least 4 members (excludes halogenated alkanes) is 7. The lowest BCUT2D eigenvalue weighted by atomic mass is 10.1. The fourth-order valence-corrected chi connectivity index (χ4v) is 1.68. The number of carboxylic acids is 3. The van der Waals surface area contributed by atoms with E-state index in [-0.39, 0.29) is 26.1 Å². The van der Waals surface area contributed by atoms with Crippen molar-refractivity contribution in [2.75, 3.05) is 13.2 Å². The number of aliphatic hydroxyl groups is 3. The summed E-state index contributed by atoms with van der Waals surface area (Å²) < 4.78 is 0. The summed E-state index contributed by atoms with van der Waals surface area (Å²) in [6.07, 6.45) is 14.9. The standard InChI is InChI=1S/C14H26O2.C3H8O3.2C3H6O2/c1-2-3-4-5-6-7-8-9-10-11-12-13-14(15)16;4-1-3(6)2-5;2*1-2-3(4)5/h5-6H,2-4,7-13H2,1H3,(H,15,16);3-6H,1-2H2;2*2H2,1H3,(H,4,5)/b6-5-;;;. The predicted octanol–water partition coefficient (Wildman–Crippen LogP) is 3.84. The van der Waals surface area contributed by atoms with Gasteiger partial charge in [0.05, 0.1) is 13.2 Å². The van der Waals surface area contributed by atoms with Crippen molar-refractivity contribution in [1.29, 1.82) is 0 Å². The number of hydrogen-bond acceptors (Lipinski definition) is 6. The Hall–Kier alpha value is -1.97. The zero-order valence-electron chi connectivity index (χ0n) is 20.0. The summed E-state index contributed by atoms with van der Waals surface area (Å²) in [5, 5.41) is 47.9. The van der Waals surface area contributed by atoms with Crippen molar-refractivity contribution in [3.05, 3.63) is 12.2 Å². The normalized spacial score (nSPS) is 9.72. The molecule has 0 fully saturated rings.